The monoisotopic (exact) mass is 352 g/mol. The molecule has 1 amide bonds. The lowest BCUT2D eigenvalue weighted by Gasteiger charge is -2.34. The zero-order valence-electron chi connectivity index (χ0n) is 14.2. The Morgan fingerprint density at radius 3 is 2.68 bits per heavy atom. The first-order valence-corrected chi connectivity index (χ1v) is 9.40. The van der Waals surface area contributed by atoms with Crippen molar-refractivity contribution in [2.24, 2.45) is 0 Å². The molecule has 4 rings (SSSR count). The van der Waals surface area contributed by atoms with Crippen LogP contribution in [-0.4, -0.2) is 58.4 Å². The van der Waals surface area contributed by atoms with Crippen LogP contribution in [0.4, 0.5) is 0 Å². The van der Waals surface area contributed by atoms with Gasteiger partial charge in [-0.1, -0.05) is 19.1 Å². The van der Waals surface area contributed by atoms with Gasteiger partial charge in [-0.2, -0.15) is 0 Å². The fourth-order valence-electron chi connectivity index (χ4n) is 3.16. The Labute approximate surface area is 150 Å². The van der Waals surface area contributed by atoms with Crippen molar-refractivity contribution in [2.75, 3.05) is 32.7 Å². The summed E-state index contributed by atoms with van der Waals surface area (Å²) in [6.07, 6.45) is 1.73. The molecule has 1 aliphatic heterocycles. The summed E-state index contributed by atoms with van der Waals surface area (Å²) in [5, 5.41) is 0.803. The molecule has 3 heterocycles. The Bertz CT molecular complexity index is 866. The fourth-order valence-corrected chi connectivity index (χ4v) is 4.14. The number of nitrogens with zero attached hydrogens (tertiary/aromatic N) is 4. The summed E-state index contributed by atoms with van der Waals surface area (Å²) in [6.45, 7) is 6.58. The van der Waals surface area contributed by atoms with Gasteiger partial charge in [0.15, 0.2) is 0 Å². The van der Waals surface area contributed by atoms with E-state index in [0.29, 0.717) is 11.3 Å². The van der Waals surface area contributed by atoms with E-state index in [1.807, 2.05) is 41.3 Å². The third kappa shape index (κ3) is 3.15. The summed E-state index contributed by atoms with van der Waals surface area (Å²) in [5.74, 6) is 0.0538. The number of benzene rings is 1. The maximum atomic E-state index is 13.0. The summed E-state index contributed by atoms with van der Waals surface area (Å²) in [7, 11) is 0. The molecule has 2 aromatic heterocycles. The van der Waals surface area contributed by atoms with Gasteiger partial charge in [-0.3, -0.25) is 9.78 Å². The molecule has 0 atom stereocenters. The minimum atomic E-state index is 0.0538. The van der Waals surface area contributed by atoms with Crippen LogP contribution in [0.1, 0.15) is 17.3 Å². The number of thiazole rings is 1. The number of amides is 1. The van der Waals surface area contributed by atoms with E-state index in [0.717, 1.165) is 47.9 Å². The normalized spacial score (nSPS) is 15.6. The van der Waals surface area contributed by atoms with Crippen molar-refractivity contribution in [2.45, 2.75) is 6.92 Å². The number of fused-ring (bicyclic) bond motifs is 1. The average Bonchev–Trinajstić information content (AvgIpc) is 3.11. The molecule has 128 valence electrons. The number of rotatable bonds is 3. The van der Waals surface area contributed by atoms with E-state index in [9.17, 15) is 4.79 Å². The summed E-state index contributed by atoms with van der Waals surface area (Å²) in [5.41, 5.74) is 2.28. The van der Waals surface area contributed by atoms with Crippen LogP contribution in [0.15, 0.2) is 42.6 Å². The van der Waals surface area contributed by atoms with Crippen LogP contribution in [0.25, 0.3) is 20.9 Å². The summed E-state index contributed by atoms with van der Waals surface area (Å²) in [6, 6.07) is 11.7. The van der Waals surface area contributed by atoms with Crippen molar-refractivity contribution >= 4 is 27.5 Å². The lowest BCUT2D eigenvalue weighted by molar-refractivity contribution is 0.0644. The number of aromatic nitrogens is 2. The second-order valence-corrected chi connectivity index (χ2v) is 7.14. The van der Waals surface area contributed by atoms with Crippen LogP contribution < -0.4 is 0 Å². The third-order valence-corrected chi connectivity index (χ3v) is 5.68. The number of hydrogen-bond donors (Lipinski definition) is 0. The quantitative estimate of drug-likeness (QED) is 0.727. The Kier molecular flexibility index (Phi) is 4.46. The number of carbonyl (C=O) groups is 1. The first-order valence-electron chi connectivity index (χ1n) is 8.59. The molecule has 0 spiro atoms. The molecule has 0 saturated carbocycles. The van der Waals surface area contributed by atoms with Gasteiger partial charge < -0.3 is 9.80 Å². The van der Waals surface area contributed by atoms with Crippen molar-refractivity contribution in [3.63, 3.8) is 0 Å². The highest BCUT2D eigenvalue weighted by Gasteiger charge is 2.25. The molecule has 5 nitrogen and oxygen atoms in total. The highest BCUT2D eigenvalue weighted by atomic mass is 32.1. The Morgan fingerprint density at radius 1 is 1.12 bits per heavy atom. The number of carbonyl (C=O) groups excluding carboxylic acids is 1. The summed E-state index contributed by atoms with van der Waals surface area (Å²) >= 11 is 1.58. The maximum absolute atomic E-state index is 13.0. The zero-order valence-corrected chi connectivity index (χ0v) is 15.0. The molecule has 1 aliphatic rings. The minimum absolute atomic E-state index is 0.0538. The molecule has 0 radical (unpaired) electrons. The minimum Gasteiger partial charge on any atom is -0.336 e. The van der Waals surface area contributed by atoms with Crippen LogP contribution in [0.5, 0.6) is 0 Å². The molecular formula is C19H20N4OS. The lowest BCUT2D eigenvalue weighted by atomic mass is 10.1. The zero-order chi connectivity index (χ0) is 17.2. The van der Waals surface area contributed by atoms with E-state index in [4.69, 9.17) is 0 Å². The number of hydrogen-bond acceptors (Lipinski definition) is 5. The van der Waals surface area contributed by atoms with Crippen LogP contribution in [0.2, 0.25) is 0 Å². The molecule has 6 heteroatoms. The Morgan fingerprint density at radius 2 is 1.92 bits per heavy atom. The number of para-hydroxylation sites is 1. The maximum Gasteiger partial charge on any atom is 0.256 e. The van der Waals surface area contributed by atoms with Gasteiger partial charge in [0.05, 0.1) is 15.8 Å². The summed E-state index contributed by atoms with van der Waals surface area (Å²) in [4.78, 5) is 26.5. The van der Waals surface area contributed by atoms with Crippen molar-refractivity contribution in [1.82, 2.24) is 19.8 Å². The standard InChI is InChI=1S/C19H20N4OS/c1-2-22-10-12-23(13-11-22)19(24)14-6-5-9-20-17(14)18-21-15-7-3-4-8-16(15)25-18/h3-9H,2,10-13H2,1H3. The van der Waals surface area contributed by atoms with Gasteiger partial charge in [-0.25, -0.2) is 4.98 Å². The van der Waals surface area contributed by atoms with Crippen LogP contribution in [-0.2, 0) is 0 Å². The largest absolute Gasteiger partial charge is 0.336 e. The highest BCUT2D eigenvalue weighted by molar-refractivity contribution is 7.21. The number of piperazine rings is 1. The van der Waals surface area contributed by atoms with E-state index >= 15 is 0 Å². The molecular weight excluding hydrogens is 332 g/mol. The number of pyridine rings is 1. The van der Waals surface area contributed by atoms with Crippen LogP contribution in [0.3, 0.4) is 0 Å². The molecule has 3 aromatic rings. The van der Waals surface area contributed by atoms with E-state index < -0.39 is 0 Å². The van der Waals surface area contributed by atoms with Gasteiger partial charge in [0.2, 0.25) is 0 Å². The summed E-state index contributed by atoms with van der Waals surface area (Å²) < 4.78 is 1.11. The predicted molar refractivity (Wildman–Crippen MR) is 101 cm³/mol. The first-order chi connectivity index (χ1) is 12.3. The SMILES string of the molecule is CCN1CCN(C(=O)c2cccnc2-c2nc3ccccc3s2)CC1. The molecule has 25 heavy (non-hydrogen) atoms. The number of likely N-dealkylation sites (N-methyl/N-ethyl adjacent to an activating group) is 1. The van der Waals surface area contributed by atoms with Crippen molar-refractivity contribution in [3.8, 4) is 10.7 Å². The Balaban J connectivity index is 1.66. The first kappa shape index (κ1) is 16.2. The van der Waals surface area contributed by atoms with E-state index in [-0.39, 0.29) is 5.91 Å². The van der Waals surface area contributed by atoms with Gasteiger partial charge in [-0.05, 0) is 30.8 Å². The average molecular weight is 352 g/mol. The van der Waals surface area contributed by atoms with Crippen molar-refractivity contribution < 1.29 is 4.79 Å². The molecule has 0 N–H and O–H groups in total. The third-order valence-electron chi connectivity index (χ3n) is 4.64. The highest BCUT2D eigenvalue weighted by Crippen LogP contribution is 2.31. The van der Waals surface area contributed by atoms with Gasteiger partial charge in [0, 0.05) is 32.4 Å². The molecule has 0 unspecified atom stereocenters. The molecule has 0 aliphatic carbocycles. The van der Waals surface area contributed by atoms with Gasteiger partial charge in [0.25, 0.3) is 5.91 Å². The molecule has 1 saturated heterocycles. The predicted octanol–water partition coefficient (Wildman–Crippen LogP) is 3.14. The Hall–Kier alpha value is -2.31. The van der Waals surface area contributed by atoms with Gasteiger partial charge in [-0.15, -0.1) is 11.3 Å². The van der Waals surface area contributed by atoms with E-state index in [1.165, 1.54) is 0 Å². The van der Waals surface area contributed by atoms with Gasteiger partial charge in [0.1, 0.15) is 10.7 Å². The molecule has 0 bridgehead atoms. The van der Waals surface area contributed by atoms with Gasteiger partial charge >= 0.3 is 0 Å². The second-order valence-electron chi connectivity index (χ2n) is 6.11. The topological polar surface area (TPSA) is 49.3 Å². The molecule has 1 aromatic carbocycles. The van der Waals surface area contributed by atoms with Crippen molar-refractivity contribution in [1.29, 1.82) is 0 Å². The smallest absolute Gasteiger partial charge is 0.256 e. The molecule has 1 fully saturated rings. The van der Waals surface area contributed by atoms with Crippen LogP contribution >= 0.6 is 11.3 Å². The van der Waals surface area contributed by atoms with Crippen molar-refractivity contribution in [3.05, 3.63) is 48.2 Å². The second kappa shape index (κ2) is 6.90. The van der Waals surface area contributed by atoms with E-state index in [2.05, 4.69) is 21.8 Å². The van der Waals surface area contributed by atoms with E-state index in [1.54, 1.807) is 17.5 Å². The van der Waals surface area contributed by atoms with Crippen LogP contribution in [0, 0.1) is 0 Å². The lowest BCUT2D eigenvalue weighted by Crippen LogP contribution is -2.48. The fraction of sp³-hybridized carbons (Fsp3) is 0.316.